The number of nitrogens with two attached hydrogens (primary N) is 3. The minimum absolute atomic E-state index is 0.0119. The van der Waals surface area contributed by atoms with Crippen LogP contribution in [-0.4, -0.2) is 31.6 Å². The predicted octanol–water partition coefficient (Wildman–Crippen LogP) is 19.7. The molecule has 462 valence electrons. The van der Waals surface area contributed by atoms with Crippen LogP contribution in [0.5, 0.6) is 0 Å². The Balaban J connectivity index is 0.000000103. The smallest absolute Gasteiger partial charge is 0.301 e. The monoisotopic (exact) mass is 1350 g/mol. The quantitative estimate of drug-likeness (QED) is 0.0844. The number of thiophene rings is 4. The average molecular weight is 1350 g/mol. The van der Waals surface area contributed by atoms with Gasteiger partial charge < -0.3 is 17.2 Å². The second-order valence-corrected chi connectivity index (χ2v) is 29.4. The molecule has 2 aliphatic rings. The second-order valence-electron chi connectivity index (χ2n) is 21.3. The number of hydrogen-bond donors (Lipinski definition) is 3. The van der Waals surface area contributed by atoms with E-state index in [-0.39, 0.29) is 43.0 Å². The molecule has 0 bridgehead atoms. The summed E-state index contributed by atoms with van der Waals surface area (Å²) in [5.74, 6) is 0. The lowest BCUT2D eigenvalue weighted by Gasteiger charge is -2.01. The van der Waals surface area contributed by atoms with Crippen molar-refractivity contribution in [3.63, 3.8) is 0 Å². The van der Waals surface area contributed by atoms with E-state index >= 15 is 0 Å². The molecule has 0 radical (unpaired) electrons. The van der Waals surface area contributed by atoms with Gasteiger partial charge in [0.25, 0.3) is 11.4 Å². The van der Waals surface area contributed by atoms with Gasteiger partial charge >= 0.3 is 5.69 Å². The third-order valence-electron chi connectivity index (χ3n) is 15.7. The highest BCUT2D eigenvalue weighted by atomic mass is 32.2. The van der Waals surface area contributed by atoms with E-state index < -0.39 is 29.5 Å². The van der Waals surface area contributed by atoms with Gasteiger partial charge in [-0.15, -0.1) is 45.3 Å². The molecule has 0 atom stereocenters. The Morgan fingerprint density at radius 1 is 0.298 bits per heavy atom. The Hall–Kier alpha value is -11.0. The van der Waals surface area contributed by atoms with Crippen molar-refractivity contribution in [1.82, 2.24) is 0 Å². The van der Waals surface area contributed by atoms with Gasteiger partial charge in [0.15, 0.2) is 0 Å². The number of sulfone groups is 2. The van der Waals surface area contributed by atoms with Gasteiger partial charge in [0.1, 0.15) is 5.69 Å². The molecule has 0 unspecified atom stereocenters. The van der Waals surface area contributed by atoms with Crippen molar-refractivity contribution < 1.29 is 31.6 Å². The van der Waals surface area contributed by atoms with Gasteiger partial charge in [-0.3, -0.25) is 30.3 Å². The Bertz CT molecular complexity index is 5930. The largest absolute Gasteiger partial charge is 0.399 e. The highest BCUT2D eigenvalue weighted by Crippen LogP contribution is 2.49. The van der Waals surface area contributed by atoms with Gasteiger partial charge in [0.05, 0.1) is 50.7 Å². The van der Waals surface area contributed by atoms with E-state index in [9.17, 15) is 47.2 Å². The van der Waals surface area contributed by atoms with Gasteiger partial charge in [-0.25, -0.2) is 16.8 Å². The van der Waals surface area contributed by atoms with E-state index in [1.165, 1.54) is 64.6 Å². The van der Waals surface area contributed by atoms with E-state index in [2.05, 4.69) is 78.9 Å². The number of anilines is 3. The molecule has 6 N–H and O–H groups in total. The molecule has 0 saturated carbocycles. The number of nitrogens with zero attached hydrogens (tertiary/aromatic N) is 3. The summed E-state index contributed by atoms with van der Waals surface area (Å²) in [6.45, 7) is 0. The molecule has 6 heterocycles. The van der Waals surface area contributed by atoms with E-state index in [0.29, 0.717) is 37.6 Å². The number of nitro benzene ring substituents is 3. The first kappa shape index (κ1) is 61.9. The molecule has 18 rings (SSSR count). The van der Waals surface area contributed by atoms with Gasteiger partial charge in [0, 0.05) is 110 Å². The molecule has 0 saturated heterocycles. The maximum absolute atomic E-state index is 12.2. The Kier molecular flexibility index (Phi) is 16.6. The predicted molar refractivity (Wildman–Crippen MR) is 385 cm³/mol. The summed E-state index contributed by atoms with van der Waals surface area (Å²) in [5, 5.41) is 41.7. The van der Waals surface area contributed by atoms with E-state index in [1.807, 2.05) is 102 Å². The van der Waals surface area contributed by atoms with Crippen molar-refractivity contribution in [3.05, 3.63) is 285 Å². The summed E-state index contributed by atoms with van der Waals surface area (Å²) in [5.41, 5.74) is 20.8. The standard InChI is InChI=1S/C12H8N2O2S.C12H7NO4S.C12H9NO2S.C12H7NO2S.C12H9NS.C12H8S/c13-8-5-6-10-11(12(8)14(15)16)7-3-1-2-4-9(7)17-10;14-13(15)9-5-3-7-11-12(9)8-4-1-2-6-10(8)18(11,16)17;13-9-5-3-7-11-12(9)8-4-1-2-6-10(8)16(11,14)15;14-13(15)9-5-3-7-11-12(9)8-4-1-2-6-10(8)16-11;13-8-5-6-12-10(7-8)9-3-1-2-4-11(9)14-12;1-3-7-11-9(5-1)10-6-2-4-8-12(10)13-11/h1-6H,13H2;1-7H;1-7H,13H2;1-7H;1-7H,13H2;1-8H. The summed E-state index contributed by atoms with van der Waals surface area (Å²) in [7, 11) is -6.99. The molecular formula is C72H48N6O10S6. The molecule has 4 aromatic heterocycles. The lowest BCUT2D eigenvalue weighted by atomic mass is 10.0. The molecule has 0 aliphatic carbocycles. The zero-order valence-corrected chi connectivity index (χ0v) is 53.8. The van der Waals surface area contributed by atoms with Crippen LogP contribution >= 0.6 is 45.3 Å². The molecule has 22 heteroatoms. The van der Waals surface area contributed by atoms with Crippen molar-refractivity contribution in [2.45, 2.75) is 19.6 Å². The first-order chi connectivity index (χ1) is 45.4. The highest BCUT2D eigenvalue weighted by Gasteiger charge is 2.38. The van der Waals surface area contributed by atoms with E-state index in [0.717, 1.165) is 40.6 Å². The van der Waals surface area contributed by atoms with E-state index in [1.54, 1.807) is 95.5 Å². The normalized spacial score (nSPS) is 12.6. The summed E-state index contributed by atoms with van der Waals surface area (Å²) < 4.78 is 58.2. The van der Waals surface area contributed by atoms with Crippen molar-refractivity contribution in [1.29, 1.82) is 0 Å². The lowest BCUT2D eigenvalue weighted by molar-refractivity contribution is -0.384. The molecule has 94 heavy (non-hydrogen) atoms. The topological polar surface area (TPSA) is 276 Å². The Labute approximate surface area is 551 Å². The summed E-state index contributed by atoms with van der Waals surface area (Å²) in [4.78, 5) is 32.6. The van der Waals surface area contributed by atoms with Gasteiger partial charge in [-0.1, -0.05) is 146 Å². The molecule has 0 fully saturated rings. The van der Waals surface area contributed by atoms with Crippen molar-refractivity contribution in [2.75, 3.05) is 17.2 Å². The summed E-state index contributed by atoms with van der Waals surface area (Å²) in [6, 6.07) is 78.1. The number of hydrogen-bond acceptors (Lipinski definition) is 17. The first-order valence-corrected chi connectivity index (χ1v) is 34.9. The highest BCUT2D eigenvalue weighted by molar-refractivity contribution is 7.92. The number of nitrogen functional groups attached to an aromatic ring is 3. The fraction of sp³-hybridized carbons (Fsp3) is 0. The van der Waals surface area contributed by atoms with Gasteiger partial charge in [-0.05, 0) is 97.1 Å². The van der Waals surface area contributed by atoms with Crippen molar-refractivity contribution in [2.24, 2.45) is 0 Å². The third kappa shape index (κ3) is 11.3. The zero-order valence-electron chi connectivity index (χ0n) is 48.9. The molecule has 0 amide bonds. The Morgan fingerprint density at radius 3 is 1.19 bits per heavy atom. The molecule has 12 aromatic carbocycles. The van der Waals surface area contributed by atoms with Crippen LogP contribution in [0.3, 0.4) is 0 Å². The summed E-state index contributed by atoms with van der Waals surface area (Å²) >= 11 is 6.81. The van der Waals surface area contributed by atoms with Crippen molar-refractivity contribution >= 4 is 180 Å². The number of non-ortho nitro benzene ring substituents is 1. The molecule has 16 nitrogen and oxygen atoms in total. The minimum Gasteiger partial charge on any atom is -0.399 e. The molecular weight excluding hydrogens is 1300 g/mol. The van der Waals surface area contributed by atoms with Crippen molar-refractivity contribution in [3.8, 4) is 22.3 Å². The van der Waals surface area contributed by atoms with Crippen LogP contribution in [0.1, 0.15) is 0 Å². The number of rotatable bonds is 3. The van der Waals surface area contributed by atoms with Crippen LogP contribution in [-0.2, 0) is 19.7 Å². The zero-order chi connectivity index (χ0) is 65.6. The summed E-state index contributed by atoms with van der Waals surface area (Å²) in [6.07, 6.45) is 0. The Morgan fingerprint density at radius 2 is 0.660 bits per heavy atom. The molecule has 0 spiro atoms. The van der Waals surface area contributed by atoms with Crippen LogP contribution in [0.4, 0.5) is 34.1 Å². The van der Waals surface area contributed by atoms with Gasteiger partial charge in [0.2, 0.25) is 19.7 Å². The van der Waals surface area contributed by atoms with Gasteiger partial charge in [-0.2, -0.15) is 0 Å². The first-order valence-electron chi connectivity index (χ1n) is 28.7. The number of fused-ring (bicyclic) bond motifs is 18. The number of benzene rings is 12. The van der Waals surface area contributed by atoms with Crippen LogP contribution < -0.4 is 17.2 Å². The molecule has 2 aliphatic heterocycles. The molecule has 16 aromatic rings. The van der Waals surface area contributed by atoms with Crippen LogP contribution in [0, 0.1) is 30.3 Å². The van der Waals surface area contributed by atoms with Crippen LogP contribution in [0.25, 0.3) is 103 Å². The van der Waals surface area contributed by atoms with E-state index in [4.69, 9.17) is 17.2 Å². The lowest BCUT2D eigenvalue weighted by Crippen LogP contribution is -1.97. The fourth-order valence-electron chi connectivity index (χ4n) is 11.6. The maximum Gasteiger partial charge on any atom is 0.301 e. The third-order valence-corrected chi connectivity index (χ3v) is 24.0. The maximum atomic E-state index is 12.2. The SMILES string of the molecule is Nc1ccc2sc3ccccc3c2c1.Nc1ccc2sc3ccccc3c2c1[N+](=O)[O-].Nc1cccc2c1-c1ccccc1S2(=O)=O.O=[N+]([O-])c1cccc2c1-c1ccccc1S2(=O)=O.O=[N+]([O-])c1cccc2sc3ccccc3c12.c1ccc2c(c1)sc1ccccc12. The number of nitro groups is 3. The second kappa shape index (κ2) is 25.3. The van der Waals surface area contributed by atoms with Crippen LogP contribution in [0.2, 0.25) is 0 Å². The fourth-order valence-corrected chi connectivity index (χ4v) is 19.4. The average Bonchev–Trinajstić information content (AvgIpc) is 1.59. The van der Waals surface area contributed by atoms with Crippen LogP contribution in [0.15, 0.2) is 274 Å². The minimum atomic E-state index is -3.63.